The van der Waals surface area contributed by atoms with E-state index in [1.807, 2.05) is 30.3 Å². The zero-order valence-electron chi connectivity index (χ0n) is 10.4. The molecule has 0 radical (unpaired) electrons. The Morgan fingerprint density at radius 3 is 2.45 bits per heavy atom. The fourth-order valence-electron chi connectivity index (χ4n) is 1.73. The van der Waals surface area contributed by atoms with Crippen LogP contribution < -0.4 is 5.32 Å². The Balaban J connectivity index is 1.99. The Kier molecular flexibility index (Phi) is 5.30. The molecule has 0 aromatic heterocycles. The van der Waals surface area contributed by atoms with Crippen LogP contribution in [0, 0.1) is 0 Å². The number of carbonyl (C=O) groups is 1. The van der Waals surface area contributed by atoms with Crippen LogP contribution in [0.3, 0.4) is 0 Å². The summed E-state index contributed by atoms with van der Waals surface area (Å²) < 4.78 is 0. The highest BCUT2D eigenvalue weighted by atomic mass is 35.5. The summed E-state index contributed by atoms with van der Waals surface area (Å²) in [5.74, 6) is -0.270. The van der Waals surface area contributed by atoms with Gasteiger partial charge in [0.25, 0.3) is 5.91 Å². The molecule has 2 aromatic rings. The minimum Gasteiger partial charge on any atom is -0.350 e. The van der Waals surface area contributed by atoms with Gasteiger partial charge < -0.3 is 5.32 Å². The number of amides is 1. The Morgan fingerprint density at radius 1 is 1.10 bits per heavy atom. The average Bonchev–Trinajstić information content (AvgIpc) is 2.45. The van der Waals surface area contributed by atoms with Crippen molar-refractivity contribution in [2.75, 3.05) is 6.54 Å². The quantitative estimate of drug-likeness (QED) is 0.810. The first kappa shape index (κ1) is 15.2. The number of halogens is 3. The third-order valence-corrected chi connectivity index (χ3v) is 3.73. The van der Waals surface area contributed by atoms with Gasteiger partial charge in [0.15, 0.2) is 0 Å². The Labute approximate surface area is 132 Å². The van der Waals surface area contributed by atoms with Crippen molar-refractivity contribution < 1.29 is 4.79 Å². The molecule has 0 heterocycles. The zero-order valence-corrected chi connectivity index (χ0v) is 12.7. The molecule has 20 heavy (non-hydrogen) atoms. The van der Waals surface area contributed by atoms with Crippen LogP contribution in [-0.4, -0.2) is 12.5 Å². The Bertz CT molecular complexity index is 601. The highest BCUT2D eigenvalue weighted by molar-refractivity contribution is 6.36. The maximum Gasteiger partial charge on any atom is 0.252 e. The van der Waals surface area contributed by atoms with Gasteiger partial charge >= 0.3 is 0 Å². The number of rotatable bonds is 4. The molecule has 2 rings (SSSR count). The lowest BCUT2D eigenvalue weighted by molar-refractivity contribution is 0.0954. The van der Waals surface area contributed by atoms with Crippen molar-refractivity contribution in [1.29, 1.82) is 0 Å². The van der Waals surface area contributed by atoms with Crippen molar-refractivity contribution in [2.24, 2.45) is 0 Å². The molecule has 0 saturated heterocycles. The van der Waals surface area contributed by atoms with Gasteiger partial charge in [-0.1, -0.05) is 53.5 Å². The van der Waals surface area contributed by atoms with Crippen molar-refractivity contribution in [3.05, 3.63) is 69.7 Å². The van der Waals surface area contributed by atoms with Crippen molar-refractivity contribution in [1.82, 2.24) is 5.32 Å². The van der Waals surface area contributed by atoms with E-state index in [2.05, 4.69) is 5.32 Å². The third-order valence-electron chi connectivity index (χ3n) is 2.78. The number of nitrogens with one attached hydrogen (secondary N) is 1. The second-order valence-electron chi connectivity index (χ2n) is 4.21. The van der Waals surface area contributed by atoms with Crippen LogP contribution in [0.4, 0.5) is 0 Å². The van der Waals surface area contributed by atoms with Crippen molar-refractivity contribution in [3.63, 3.8) is 0 Å². The minimum absolute atomic E-state index is 0.270. The van der Waals surface area contributed by atoms with Crippen molar-refractivity contribution in [3.8, 4) is 0 Å². The first-order valence-corrected chi connectivity index (χ1v) is 7.19. The van der Waals surface area contributed by atoms with Crippen LogP contribution in [-0.2, 0) is 0 Å². The smallest absolute Gasteiger partial charge is 0.252 e. The van der Waals surface area contributed by atoms with E-state index >= 15 is 0 Å². The Hall–Kier alpha value is -1.22. The number of hydrogen-bond acceptors (Lipinski definition) is 1. The van der Waals surface area contributed by atoms with Gasteiger partial charge in [-0.25, -0.2) is 0 Å². The van der Waals surface area contributed by atoms with Crippen LogP contribution in [0.1, 0.15) is 21.3 Å². The fraction of sp³-hybridized carbons (Fsp3) is 0.133. The molecular formula is C15H12Cl3NO. The SMILES string of the molecule is O=C(NCC(Cl)c1ccccc1)c1ccc(Cl)cc1Cl. The maximum absolute atomic E-state index is 12.0. The maximum atomic E-state index is 12.0. The predicted molar refractivity (Wildman–Crippen MR) is 83.8 cm³/mol. The van der Waals surface area contributed by atoms with Crippen LogP contribution in [0.25, 0.3) is 0 Å². The van der Waals surface area contributed by atoms with E-state index in [4.69, 9.17) is 34.8 Å². The van der Waals surface area contributed by atoms with Gasteiger partial charge in [0, 0.05) is 11.6 Å². The minimum atomic E-state index is -0.286. The van der Waals surface area contributed by atoms with E-state index in [-0.39, 0.29) is 11.3 Å². The van der Waals surface area contributed by atoms with Crippen LogP contribution in [0.2, 0.25) is 10.0 Å². The largest absolute Gasteiger partial charge is 0.350 e. The summed E-state index contributed by atoms with van der Waals surface area (Å²) >= 11 is 18.0. The lowest BCUT2D eigenvalue weighted by atomic mass is 10.1. The molecular weight excluding hydrogens is 317 g/mol. The highest BCUT2D eigenvalue weighted by Gasteiger charge is 2.13. The molecule has 1 unspecified atom stereocenters. The number of carbonyl (C=O) groups excluding carboxylic acids is 1. The van der Waals surface area contributed by atoms with Gasteiger partial charge in [0.05, 0.1) is 16.0 Å². The van der Waals surface area contributed by atoms with Crippen molar-refractivity contribution >= 4 is 40.7 Å². The predicted octanol–water partition coefficient (Wildman–Crippen LogP) is 4.70. The van der Waals surface area contributed by atoms with E-state index in [1.54, 1.807) is 12.1 Å². The molecule has 5 heteroatoms. The molecule has 0 aliphatic heterocycles. The summed E-state index contributed by atoms with van der Waals surface area (Å²) in [6, 6.07) is 14.3. The van der Waals surface area contributed by atoms with E-state index in [0.717, 1.165) is 5.56 Å². The van der Waals surface area contributed by atoms with E-state index in [9.17, 15) is 4.79 Å². The molecule has 0 bridgehead atoms. The second kappa shape index (κ2) is 6.98. The van der Waals surface area contributed by atoms with E-state index < -0.39 is 0 Å². The molecule has 0 spiro atoms. The van der Waals surface area contributed by atoms with Gasteiger partial charge in [0.1, 0.15) is 0 Å². The summed E-state index contributed by atoms with van der Waals surface area (Å²) in [5, 5.41) is 3.29. The molecule has 0 saturated carbocycles. The second-order valence-corrected chi connectivity index (χ2v) is 5.58. The van der Waals surface area contributed by atoms with Crippen LogP contribution >= 0.6 is 34.8 Å². The van der Waals surface area contributed by atoms with Gasteiger partial charge in [-0.3, -0.25) is 4.79 Å². The zero-order chi connectivity index (χ0) is 14.5. The number of alkyl halides is 1. The average molecular weight is 329 g/mol. The lowest BCUT2D eigenvalue weighted by Gasteiger charge is -2.12. The third kappa shape index (κ3) is 3.89. The fourth-order valence-corrected chi connectivity index (χ4v) is 2.45. The van der Waals surface area contributed by atoms with E-state index in [0.29, 0.717) is 22.2 Å². The molecule has 2 aromatic carbocycles. The summed E-state index contributed by atoms with van der Waals surface area (Å²) in [6.45, 7) is 0.323. The topological polar surface area (TPSA) is 29.1 Å². The monoisotopic (exact) mass is 327 g/mol. The molecule has 0 aliphatic carbocycles. The lowest BCUT2D eigenvalue weighted by Crippen LogP contribution is -2.27. The van der Waals surface area contributed by atoms with Gasteiger partial charge in [-0.05, 0) is 23.8 Å². The first-order chi connectivity index (χ1) is 9.58. The summed E-state index contributed by atoms with van der Waals surface area (Å²) in [5.41, 5.74) is 1.34. The molecule has 0 aliphatic rings. The Morgan fingerprint density at radius 2 is 1.80 bits per heavy atom. The van der Waals surface area contributed by atoms with Crippen LogP contribution in [0.15, 0.2) is 48.5 Å². The number of benzene rings is 2. The summed E-state index contributed by atoms with van der Waals surface area (Å²) in [7, 11) is 0. The van der Waals surface area contributed by atoms with Gasteiger partial charge in [-0.2, -0.15) is 0 Å². The molecule has 104 valence electrons. The highest BCUT2D eigenvalue weighted by Crippen LogP contribution is 2.22. The van der Waals surface area contributed by atoms with Crippen molar-refractivity contribution in [2.45, 2.75) is 5.38 Å². The molecule has 1 N–H and O–H groups in total. The molecule has 1 atom stereocenters. The van der Waals surface area contributed by atoms with Crippen LogP contribution in [0.5, 0.6) is 0 Å². The normalized spacial score (nSPS) is 11.9. The first-order valence-electron chi connectivity index (χ1n) is 6.00. The van der Waals surface area contributed by atoms with E-state index in [1.165, 1.54) is 6.07 Å². The number of hydrogen-bond donors (Lipinski definition) is 1. The van der Waals surface area contributed by atoms with Gasteiger partial charge in [-0.15, -0.1) is 11.6 Å². The summed E-state index contributed by atoms with van der Waals surface area (Å²) in [6.07, 6.45) is 0. The standard InChI is InChI=1S/C15H12Cl3NO/c16-11-6-7-12(13(17)8-11)15(20)19-9-14(18)10-4-2-1-3-5-10/h1-8,14H,9H2,(H,19,20). The van der Waals surface area contributed by atoms with Gasteiger partial charge in [0.2, 0.25) is 0 Å². The molecule has 2 nitrogen and oxygen atoms in total. The molecule has 0 fully saturated rings. The summed E-state index contributed by atoms with van der Waals surface area (Å²) in [4.78, 5) is 12.0. The molecule has 1 amide bonds.